The molecule has 4 heteroatoms. The molecular weight excluding hydrogens is 298 g/mol. The molecule has 0 amide bonds. The summed E-state index contributed by atoms with van der Waals surface area (Å²) in [6, 6.07) is 6.14. The van der Waals surface area contributed by atoms with Crippen LogP contribution in [0.2, 0.25) is 0 Å². The van der Waals surface area contributed by atoms with E-state index in [0.29, 0.717) is 13.2 Å². The summed E-state index contributed by atoms with van der Waals surface area (Å²) in [5.74, 6) is 2.32. The third kappa shape index (κ3) is 5.79. The number of hydrogen-bond donors (Lipinski definition) is 1. The van der Waals surface area contributed by atoms with Gasteiger partial charge in [-0.05, 0) is 43.7 Å². The van der Waals surface area contributed by atoms with Gasteiger partial charge in [-0.25, -0.2) is 0 Å². The highest BCUT2D eigenvalue weighted by molar-refractivity contribution is 5.35. The second kappa shape index (κ2) is 8.76. The van der Waals surface area contributed by atoms with E-state index in [-0.39, 0.29) is 12.4 Å². The van der Waals surface area contributed by atoms with Crippen LogP contribution in [-0.2, 0) is 0 Å². The van der Waals surface area contributed by atoms with E-state index in [4.69, 9.17) is 4.74 Å². The fourth-order valence-electron chi connectivity index (χ4n) is 3.44. The number of benzene rings is 1. The Morgan fingerprint density at radius 2 is 1.86 bits per heavy atom. The third-order valence-corrected chi connectivity index (χ3v) is 4.18. The number of aryl methyl sites for hydroxylation is 2. The number of aliphatic hydroxyl groups is 1. The van der Waals surface area contributed by atoms with E-state index in [1.807, 2.05) is 19.1 Å². The Morgan fingerprint density at radius 1 is 1.23 bits per heavy atom. The van der Waals surface area contributed by atoms with Gasteiger partial charge in [-0.15, -0.1) is 0 Å². The number of aliphatic hydroxyl groups excluding tert-OH is 1. The fourth-order valence-corrected chi connectivity index (χ4v) is 3.44. The minimum Gasteiger partial charge on any atom is -1.00 e. The highest BCUT2D eigenvalue weighted by Crippen LogP contribution is 2.22. The standard InChI is InChI=1S/C18H29NO2.ClH/c1-13-5-6-18(16(4)8-13)21-12-17(20)11-19-9-14(2)7-15(3)10-19;/h5-6,8,14-15,17,20H,7,9-12H2,1-4H3;1H/p-1. The van der Waals surface area contributed by atoms with Gasteiger partial charge >= 0.3 is 0 Å². The summed E-state index contributed by atoms with van der Waals surface area (Å²) in [5.41, 5.74) is 2.36. The monoisotopic (exact) mass is 326 g/mol. The molecule has 0 saturated carbocycles. The molecule has 0 aliphatic carbocycles. The minimum absolute atomic E-state index is 0. The van der Waals surface area contributed by atoms with E-state index >= 15 is 0 Å². The van der Waals surface area contributed by atoms with E-state index in [1.54, 1.807) is 0 Å². The van der Waals surface area contributed by atoms with Crippen LogP contribution in [0.25, 0.3) is 0 Å². The Bertz CT molecular complexity index is 456. The largest absolute Gasteiger partial charge is 1.00 e. The van der Waals surface area contributed by atoms with Gasteiger partial charge in [-0.1, -0.05) is 31.5 Å². The van der Waals surface area contributed by atoms with E-state index < -0.39 is 6.10 Å². The molecule has 126 valence electrons. The molecule has 1 aromatic carbocycles. The zero-order valence-electron chi connectivity index (χ0n) is 14.2. The third-order valence-electron chi connectivity index (χ3n) is 4.18. The average molecular weight is 327 g/mol. The lowest BCUT2D eigenvalue weighted by molar-refractivity contribution is -0.00000883. The topological polar surface area (TPSA) is 32.7 Å². The second-order valence-electron chi connectivity index (χ2n) is 6.90. The number of nitrogens with zero attached hydrogens (tertiary/aromatic N) is 1. The van der Waals surface area contributed by atoms with Crippen LogP contribution in [0.3, 0.4) is 0 Å². The van der Waals surface area contributed by atoms with Crippen LogP contribution in [-0.4, -0.2) is 42.4 Å². The van der Waals surface area contributed by atoms with Crippen molar-refractivity contribution in [1.29, 1.82) is 0 Å². The lowest BCUT2D eigenvalue weighted by Gasteiger charge is -2.35. The van der Waals surface area contributed by atoms with Crippen molar-refractivity contribution in [3.05, 3.63) is 29.3 Å². The number of ether oxygens (including phenoxy) is 1. The first kappa shape index (κ1) is 19.3. The normalized spacial score (nSPS) is 23.7. The van der Waals surface area contributed by atoms with E-state index in [0.717, 1.165) is 36.2 Å². The summed E-state index contributed by atoms with van der Waals surface area (Å²) in [6.07, 6.45) is 0.870. The fraction of sp³-hybridized carbons (Fsp3) is 0.667. The van der Waals surface area contributed by atoms with Crippen LogP contribution in [0.15, 0.2) is 18.2 Å². The van der Waals surface area contributed by atoms with Crippen LogP contribution in [0.4, 0.5) is 0 Å². The molecule has 0 bridgehead atoms. The van der Waals surface area contributed by atoms with Gasteiger partial charge < -0.3 is 27.2 Å². The zero-order chi connectivity index (χ0) is 15.4. The highest BCUT2D eigenvalue weighted by atomic mass is 35.5. The van der Waals surface area contributed by atoms with Crippen molar-refractivity contribution in [1.82, 2.24) is 4.90 Å². The Hall–Kier alpha value is -0.770. The van der Waals surface area contributed by atoms with Gasteiger partial charge in [0.1, 0.15) is 18.5 Å². The average Bonchev–Trinajstić information content (AvgIpc) is 2.36. The first-order valence-corrected chi connectivity index (χ1v) is 8.04. The molecule has 3 unspecified atom stereocenters. The van der Waals surface area contributed by atoms with E-state index in [1.165, 1.54) is 12.0 Å². The molecule has 1 aliphatic heterocycles. The van der Waals surface area contributed by atoms with Gasteiger partial charge in [0.25, 0.3) is 0 Å². The first-order chi connectivity index (χ1) is 9.94. The summed E-state index contributed by atoms with van der Waals surface area (Å²) in [5, 5.41) is 10.2. The highest BCUT2D eigenvalue weighted by Gasteiger charge is 2.23. The number of rotatable bonds is 5. The zero-order valence-corrected chi connectivity index (χ0v) is 14.9. The van der Waals surface area contributed by atoms with Crippen molar-refractivity contribution in [2.75, 3.05) is 26.2 Å². The Balaban J connectivity index is 0.00000242. The van der Waals surface area contributed by atoms with Crippen LogP contribution in [0, 0.1) is 25.7 Å². The lowest BCUT2D eigenvalue weighted by atomic mass is 9.92. The molecule has 0 spiro atoms. The predicted molar refractivity (Wildman–Crippen MR) is 86.8 cm³/mol. The molecule has 1 aromatic rings. The summed E-state index contributed by atoms with van der Waals surface area (Å²) in [7, 11) is 0. The first-order valence-electron chi connectivity index (χ1n) is 8.04. The summed E-state index contributed by atoms with van der Waals surface area (Å²) in [4.78, 5) is 2.37. The molecule has 1 heterocycles. The predicted octanol–water partition coefficient (Wildman–Crippen LogP) is 0.0250. The quantitative estimate of drug-likeness (QED) is 0.828. The van der Waals surface area contributed by atoms with Crippen molar-refractivity contribution < 1.29 is 22.3 Å². The molecule has 2 rings (SSSR count). The van der Waals surface area contributed by atoms with Gasteiger partial charge in [0.05, 0.1) is 0 Å². The molecule has 1 fully saturated rings. The molecule has 1 N–H and O–H groups in total. The number of halogens is 1. The van der Waals surface area contributed by atoms with E-state index in [2.05, 4.69) is 31.7 Å². The number of β-amino-alcohol motifs (C(OH)–C–C–N with tert-alkyl or cyclic N) is 1. The molecule has 0 aromatic heterocycles. The van der Waals surface area contributed by atoms with Crippen LogP contribution < -0.4 is 17.1 Å². The minimum atomic E-state index is -0.428. The van der Waals surface area contributed by atoms with E-state index in [9.17, 15) is 5.11 Å². The number of likely N-dealkylation sites (tertiary alicyclic amines) is 1. The Labute approximate surface area is 141 Å². The molecule has 3 atom stereocenters. The summed E-state index contributed by atoms with van der Waals surface area (Å²) < 4.78 is 5.77. The van der Waals surface area contributed by atoms with Gasteiger partial charge in [0.2, 0.25) is 0 Å². The maximum atomic E-state index is 10.2. The molecular formula is C18H29ClNO2-. The van der Waals surface area contributed by atoms with Gasteiger partial charge in [0, 0.05) is 19.6 Å². The van der Waals surface area contributed by atoms with Crippen molar-refractivity contribution in [3.63, 3.8) is 0 Å². The van der Waals surface area contributed by atoms with Crippen LogP contribution >= 0.6 is 0 Å². The van der Waals surface area contributed by atoms with Gasteiger partial charge in [-0.3, -0.25) is 0 Å². The van der Waals surface area contributed by atoms with Crippen LogP contribution in [0.5, 0.6) is 5.75 Å². The lowest BCUT2D eigenvalue weighted by Crippen LogP contribution is -3.00. The van der Waals surface area contributed by atoms with Gasteiger partial charge in [0.15, 0.2) is 0 Å². The van der Waals surface area contributed by atoms with Crippen molar-refractivity contribution >= 4 is 0 Å². The number of piperidine rings is 1. The molecule has 1 aliphatic rings. The summed E-state index contributed by atoms with van der Waals surface area (Å²) in [6.45, 7) is 12.0. The second-order valence-corrected chi connectivity index (χ2v) is 6.90. The van der Waals surface area contributed by atoms with Gasteiger partial charge in [-0.2, -0.15) is 0 Å². The summed E-state index contributed by atoms with van der Waals surface area (Å²) >= 11 is 0. The Kier molecular flexibility index (Phi) is 7.67. The smallest absolute Gasteiger partial charge is 0.122 e. The van der Waals surface area contributed by atoms with Crippen molar-refractivity contribution in [2.45, 2.75) is 40.2 Å². The van der Waals surface area contributed by atoms with Crippen LogP contribution in [0.1, 0.15) is 31.4 Å². The molecule has 3 nitrogen and oxygen atoms in total. The Morgan fingerprint density at radius 3 is 2.45 bits per heavy atom. The molecule has 0 radical (unpaired) electrons. The molecule has 1 saturated heterocycles. The maximum absolute atomic E-state index is 10.2. The number of hydrogen-bond acceptors (Lipinski definition) is 3. The SMILES string of the molecule is Cc1ccc(OCC(O)CN2CC(C)CC(C)C2)c(C)c1.[Cl-]. The molecule has 22 heavy (non-hydrogen) atoms. The maximum Gasteiger partial charge on any atom is 0.122 e. The van der Waals surface area contributed by atoms with Crippen molar-refractivity contribution in [3.8, 4) is 5.75 Å². The van der Waals surface area contributed by atoms with Crippen molar-refractivity contribution in [2.24, 2.45) is 11.8 Å².